The number of aliphatic hydroxyl groups excluding tert-OH is 1. The first kappa shape index (κ1) is 13.7. The minimum absolute atomic E-state index is 0.00183. The first-order valence-corrected chi connectivity index (χ1v) is 6.10. The van der Waals surface area contributed by atoms with E-state index in [0.29, 0.717) is 0 Å². The molecule has 1 atom stereocenters. The highest BCUT2D eigenvalue weighted by Crippen LogP contribution is 2.22. The van der Waals surface area contributed by atoms with Crippen LogP contribution in [0.1, 0.15) is 49.5 Å². The highest BCUT2D eigenvalue weighted by Gasteiger charge is 2.11. The van der Waals surface area contributed by atoms with Gasteiger partial charge in [0.25, 0.3) is 0 Å². The molecule has 0 fully saturated rings. The summed E-state index contributed by atoms with van der Waals surface area (Å²) in [6.07, 6.45) is 1.50. The Bertz CT molecular complexity index is 385. The number of aryl methyl sites for hydroxylation is 2. The minimum atomic E-state index is -0.870. The third-order valence-corrected chi connectivity index (χ3v) is 3.01. The van der Waals surface area contributed by atoms with E-state index >= 15 is 0 Å². The standard InChI is InChI=1S/C14H20O3/c1-3-10-5-6-12(9-11(10)4-2)13(15)7-8-14(16)17/h5-6,9,13,15H,3-4,7-8H2,1-2H3,(H,16,17). The van der Waals surface area contributed by atoms with Crippen molar-refractivity contribution in [2.75, 3.05) is 0 Å². The molecule has 0 aromatic heterocycles. The molecule has 0 aliphatic carbocycles. The molecule has 1 aromatic rings. The number of carboxylic acids is 1. The van der Waals surface area contributed by atoms with E-state index in [0.717, 1.165) is 18.4 Å². The van der Waals surface area contributed by atoms with Gasteiger partial charge in [0, 0.05) is 6.42 Å². The smallest absolute Gasteiger partial charge is 0.303 e. The zero-order valence-electron chi connectivity index (χ0n) is 10.4. The molecule has 3 heteroatoms. The van der Waals surface area contributed by atoms with E-state index in [-0.39, 0.29) is 12.8 Å². The fraction of sp³-hybridized carbons (Fsp3) is 0.500. The van der Waals surface area contributed by atoms with Crippen LogP contribution in [0.4, 0.5) is 0 Å². The van der Waals surface area contributed by atoms with Crippen LogP contribution in [0.3, 0.4) is 0 Å². The Morgan fingerprint density at radius 3 is 2.41 bits per heavy atom. The van der Waals surface area contributed by atoms with Crippen molar-refractivity contribution in [2.45, 2.75) is 45.6 Å². The van der Waals surface area contributed by atoms with Crippen molar-refractivity contribution >= 4 is 5.97 Å². The van der Waals surface area contributed by atoms with Crippen LogP contribution in [-0.2, 0) is 17.6 Å². The molecule has 1 rings (SSSR count). The Labute approximate surface area is 102 Å². The van der Waals surface area contributed by atoms with Gasteiger partial charge >= 0.3 is 5.97 Å². The average Bonchev–Trinajstić information content (AvgIpc) is 2.34. The number of carbonyl (C=O) groups is 1. The molecule has 0 aliphatic rings. The second-order valence-electron chi connectivity index (χ2n) is 4.18. The molecule has 0 aliphatic heterocycles. The summed E-state index contributed by atoms with van der Waals surface area (Å²) >= 11 is 0. The Morgan fingerprint density at radius 1 is 1.24 bits per heavy atom. The summed E-state index contributed by atoms with van der Waals surface area (Å²) in [5.41, 5.74) is 3.35. The summed E-state index contributed by atoms with van der Waals surface area (Å²) in [7, 11) is 0. The number of hydrogen-bond acceptors (Lipinski definition) is 2. The lowest BCUT2D eigenvalue weighted by Gasteiger charge is -2.13. The van der Waals surface area contributed by atoms with Crippen molar-refractivity contribution in [1.29, 1.82) is 0 Å². The summed E-state index contributed by atoms with van der Waals surface area (Å²) in [6, 6.07) is 5.91. The molecular formula is C14H20O3. The maximum atomic E-state index is 10.4. The topological polar surface area (TPSA) is 57.5 Å². The molecule has 0 saturated heterocycles. The van der Waals surface area contributed by atoms with Crippen molar-refractivity contribution < 1.29 is 15.0 Å². The SMILES string of the molecule is CCc1ccc(C(O)CCC(=O)O)cc1CC. The summed E-state index contributed by atoms with van der Waals surface area (Å²) in [5, 5.41) is 18.5. The van der Waals surface area contributed by atoms with E-state index < -0.39 is 12.1 Å². The van der Waals surface area contributed by atoms with Gasteiger partial charge in [-0.1, -0.05) is 32.0 Å². The predicted octanol–water partition coefficient (Wildman–Crippen LogP) is 2.71. The normalized spacial score (nSPS) is 12.4. The fourth-order valence-corrected chi connectivity index (χ4v) is 1.95. The van der Waals surface area contributed by atoms with Crippen LogP contribution in [0.2, 0.25) is 0 Å². The molecule has 0 amide bonds. The molecule has 3 nitrogen and oxygen atoms in total. The molecular weight excluding hydrogens is 216 g/mol. The van der Waals surface area contributed by atoms with Crippen LogP contribution in [0.5, 0.6) is 0 Å². The van der Waals surface area contributed by atoms with E-state index in [1.165, 1.54) is 11.1 Å². The molecule has 0 radical (unpaired) electrons. The van der Waals surface area contributed by atoms with Crippen LogP contribution in [0.25, 0.3) is 0 Å². The lowest BCUT2D eigenvalue weighted by molar-refractivity contribution is -0.137. The van der Waals surface area contributed by atoms with Crippen LogP contribution in [-0.4, -0.2) is 16.2 Å². The molecule has 0 saturated carbocycles. The van der Waals surface area contributed by atoms with Crippen LogP contribution in [0.15, 0.2) is 18.2 Å². The van der Waals surface area contributed by atoms with E-state index in [4.69, 9.17) is 5.11 Å². The van der Waals surface area contributed by atoms with Gasteiger partial charge in [-0.2, -0.15) is 0 Å². The Balaban J connectivity index is 2.80. The molecule has 1 aromatic carbocycles. The lowest BCUT2D eigenvalue weighted by Crippen LogP contribution is -2.04. The van der Waals surface area contributed by atoms with Gasteiger partial charge < -0.3 is 10.2 Å². The second-order valence-corrected chi connectivity index (χ2v) is 4.18. The van der Waals surface area contributed by atoms with Gasteiger partial charge in [-0.15, -0.1) is 0 Å². The van der Waals surface area contributed by atoms with Crippen molar-refractivity contribution in [3.05, 3.63) is 34.9 Å². The first-order chi connectivity index (χ1) is 8.08. The number of aliphatic hydroxyl groups is 1. The summed E-state index contributed by atoms with van der Waals surface area (Å²) in [5.74, 6) is -0.870. The molecule has 94 valence electrons. The van der Waals surface area contributed by atoms with Gasteiger partial charge in [-0.25, -0.2) is 0 Å². The highest BCUT2D eigenvalue weighted by atomic mass is 16.4. The summed E-state index contributed by atoms with van der Waals surface area (Å²) in [4.78, 5) is 10.4. The van der Waals surface area contributed by atoms with Gasteiger partial charge in [0.15, 0.2) is 0 Å². The van der Waals surface area contributed by atoms with E-state index in [2.05, 4.69) is 13.8 Å². The van der Waals surface area contributed by atoms with Crippen molar-refractivity contribution in [3.8, 4) is 0 Å². The van der Waals surface area contributed by atoms with Crippen LogP contribution < -0.4 is 0 Å². The Morgan fingerprint density at radius 2 is 1.88 bits per heavy atom. The van der Waals surface area contributed by atoms with Crippen molar-refractivity contribution in [2.24, 2.45) is 0 Å². The zero-order valence-corrected chi connectivity index (χ0v) is 10.4. The number of aliphatic carboxylic acids is 1. The lowest BCUT2D eigenvalue weighted by atomic mass is 9.96. The molecule has 17 heavy (non-hydrogen) atoms. The molecule has 2 N–H and O–H groups in total. The molecule has 1 unspecified atom stereocenters. The number of hydrogen-bond donors (Lipinski definition) is 2. The number of benzene rings is 1. The van der Waals surface area contributed by atoms with Crippen LogP contribution >= 0.6 is 0 Å². The Kier molecular flexibility index (Phi) is 5.16. The van der Waals surface area contributed by atoms with Crippen molar-refractivity contribution in [1.82, 2.24) is 0 Å². The summed E-state index contributed by atoms with van der Waals surface area (Å²) < 4.78 is 0. The van der Waals surface area contributed by atoms with Gasteiger partial charge in [0.1, 0.15) is 0 Å². The van der Waals surface area contributed by atoms with E-state index in [9.17, 15) is 9.90 Å². The minimum Gasteiger partial charge on any atom is -0.481 e. The van der Waals surface area contributed by atoms with Gasteiger partial charge in [-0.3, -0.25) is 4.79 Å². The quantitative estimate of drug-likeness (QED) is 0.798. The Hall–Kier alpha value is -1.35. The third-order valence-electron chi connectivity index (χ3n) is 3.01. The van der Waals surface area contributed by atoms with Gasteiger partial charge in [0.05, 0.1) is 6.10 Å². The fourth-order valence-electron chi connectivity index (χ4n) is 1.95. The molecule has 0 spiro atoms. The predicted molar refractivity (Wildman–Crippen MR) is 67.0 cm³/mol. The highest BCUT2D eigenvalue weighted by molar-refractivity contribution is 5.66. The largest absolute Gasteiger partial charge is 0.481 e. The second kappa shape index (κ2) is 6.40. The first-order valence-electron chi connectivity index (χ1n) is 6.10. The summed E-state index contributed by atoms with van der Waals surface area (Å²) in [6.45, 7) is 4.19. The third kappa shape index (κ3) is 3.86. The van der Waals surface area contributed by atoms with Crippen LogP contribution in [0, 0.1) is 0 Å². The zero-order chi connectivity index (χ0) is 12.8. The van der Waals surface area contributed by atoms with Gasteiger partial charge in [-0.05, 0) is 36.0 Å². The van der Waals surface area contributed by atoms with Gasteiger partial charge in [0.2, 0.25) is 0 Å². The average molecular weight is 236 g/mol. The number of rotatable bonds is 6. The van der Waals surface area contributed by atoms with Crippen molar-refractivity contribution in [3.63, 3.8) is 0 Å². The number of carboxylic acid groups (broad SMARTS) is 1. The monoisotopic (exact) mass is 236 g/mol. The maximum absolute atomic E-state index is 10.4. The maximum Gasteiger partial charge on any atom is 0.303 e. The van der Waals surface area contributed by atoms with E-state index in [1.54, 1.807) is 0 Å². The van der Waals surface area contributed by atoms with E-state index in [1.807, 2.05) is 18.2 Å². The molecule has 0 bridgehead atoms. The molecule has 0 heterocycles.